The minimum atomic E-state index is -0.644. The zero-order valence-corrected chi connectivity index (χ0v) is 9.51. The fourth-order valence-corrected chi connectivity index (χ4v) is 2.11. The van der Waals surface area contributed by atoms with E-state index in [4.69, 9.17) is 5.73 Å². The average Bonchev–Trinajstić information content (AvgIpc) is 2.15. The number of nitrogen functional groups attached to an aromatic ring is 1. The Hall–Kier alpha value is -1.29. The van der Waals surface area contributed by atoms with Gasteiger partial charge < -0.3 is 5.73 Å². The summed E-state index contributed by atoms with van der Waals surface area (Å²) in [6.45, 7) is 2.83. The van der Waals surface area contributed by atoms with E-state index in [0.29, 0.717) is 5.69 Å². The number of para-hydroxylation sites is 1. The third-order valence-corrected chi connectivity index (χ3v) is 3.43. The summed E-state index contributed by atoms with van der Waals surface area (Å²) >= 11 is 1.21. The van der Waals surface area contributed by atoms with Crippen LogP contribution in [0.25, 0.3) is 0 Å². The standard InChI is InChI=1S/C11H13NO2S/c1-7(13)11(8(2)14)15-10-6-4-3-5-9(10)12/h3-6,11H,12H2,1-2H3. The molecule has 0 bridgehead atoms. The van der Waals surface area contributed by atoms with E-state index in [-0.39, 0.29) is 11.6 Å². The van der Waals surface area contributed by atoms with Crippen LogP contribution < -0.4 is 5.73 Å². The Morgan fingerprint density at radius 3 is 2.20 bits per heavy atom. The zero-order valence-electron chi connectivity index (χ0n) is 8.69. The van der Waals surface area contributed by atoms with Crippen molar-refractivity contribution in [1.82, 2.24) is 0 Å². The van der Waals surface area contributed by atoms with Crippen molar-refractivity contribution in [3.8, 4) is 0 Å². The van der Waals surface area contributed by atoms with Gasteiger partial charge in [-0.3, -0.25) is 9.59 Å². The van der Waals surface area contributed by atoms with Gasteiger partial charge in [0.2, 0.25) is 0 Å². The highest BCUT2D eigenvalue weighted by atomic mass is 32.2. The van der Waals surface area contributed by atoms with Gasteiger partial charge in [0.05, 0.1) is 0 Å². The molecule has 2 N–H and O–H groups in total. The van der Waals surface area contributed by atoms with E-state index >= 15 is 0 Å². The molecule has 0 aliphatic rings. The SMILES string of the molecule is CC(=O)C(Sc1ccccc1N)C(C)=O. The molecule has 0 unspecified atom stereocenters. The van der Waals surface area contributed by atoms with Crippen molar-refractivity contribution >= 4 is 29.0 Å². The molecule has 3 nitrogen and oxygen atoms in total. The van der Waals surface area contributed by atoms with E-state index in [1.165, 1.54) is 25.6 Å². The first-order valence-electron chi connectivity index (χ1n) is 4.54. The van der Waals surface area contributed by atoms with Crippen molar-refractivity contribution < 1.29 is 9.59 Å². The lowest BCUT2D eigenvalue weighted by atomic mass is 10.2. The zero-order chi connectivity index (χ0) is 11.4. The second kappa shape index (κ2) is 4.98. The van der Waals surface area contributed by atoms with Crippen LogP contribution in [-0.2, 0) is 9.59 Å². The van der Waals surface area contributed by atoms with Crippen molar-refractivity contribution in [2.75, 3.05) is 5.73 Å². The van der Waals surface area contributed by atoms with Crippen LogP contribution in [0.4, 0.5) is 5.69 Å². The fourth-order valence-electron chi connectivity index (χ4n) is 1.17. The number of Topliss-reactive ketones (excluding diaryl/α,β-unsaturated/α-hetero) is 2. The maximum Gasteiger partial charge on any atom is 0.150 e. The molecule has 0 heterocycles. The summed E-state index contributed by atoms with van der Waals surface area (Å²) in [4.78, 5) is 23.2. The van der Waals surface area contributed by atoms with Gasteiger partial charge in [0.1, 0.15) is 5.25 Å². The lowest BCUT2D eigenvalue weighted by Crippen LogP contribution is -2.22. The Bertz CT molecular complexity index is 376. The molecule has 0 atom stereocenters. The summed E-state index contributed by atoms with van der Waals surface area (Å²) in [5.74, 6) is -0.286. The number of thioether (sulfide) groups is 1. The van der Waals surface area contributed by atoms with Gasteiger partial charge >= 0.3 is 0 Å². The molecule has 0 fully saturated rings. The molecular weight excluding hydrogens is 210 g/mol. The second-order valence-corrected chi connectivity index (χ2v) is 4.40. The Balaban J connectivity index is 2.88. The first-order valence-corrected chi connectivity index (χ1v) is 5.42. The second-order valence-electron chi connectivity index (χ2n) is 3.26. The van der Waals surface area contributed by atoms with Crippen LogP contribution in [0, 0.1) is 0 Å². The van der Waals surface area contributed by atoms with E-state index in [2.05, 4.69) is 0 Å². The topological polar surface area (TPSA) is 60.2 Å². The Morgan fingerprint density at radius 2 is 1.73 bits per heavy atom. The maximum absolute atomic E-state index is 11.2. The van der Waals surface area contributed by atoms with E-state index < -0.39 is 5.25 Å². The Kier molecular flexibility index (Phi) is 3.91. The van der Waals surface area contributed by atoms with Crippen molar-refractivity contribution in [3.05, 3.63) is 24.3 Å². The van der Waals surface area contributed by atoms with Gasteiger partial charge in [0, 0.05) is 10.6 Å². The third kappa shape index (κ3) is 3.09. The molecule has 0 spiro atoms. The van der Waals surface area contributed by atoms with Crippen molar-refractivity contribution in [2.45, 2.75) is 24.0 Å². The molecule has 0 amide bonds. The van der Waals surface area contributed by atoms with E-state index in [1.807, 2.05) is 12.1 Å². The smallest absolute Gasteiger partial charge is 0.150 e. The quantitative estimate of drug-likeness (QED) is 0.481. The normalized spacial score (nSPS) is 10.3. The number of nitrogens with two attached hydrogens (primary N) is 1. The van der Waals surface area contributed by atoms with Gasteiger partial charge in [0.25, 0.3) is 0 Å². The number of anilines is 1. The molecule has 0 saturated heterocycles. The lowest BCUT2D eigenvalue weighted by Gasteiger charge is -2.11. The fraction of sp³-hybridized carbons (Fsp3) is 0.273. The van der Waals surface area contributed by atoms with Gasteiger partial charge in [-0.1, -0.05) is 12.1 Å². The van der Waals surface area contributed by atoms with Crippen LogP contribution in [0.1, 0.15) is 13.8 Å². The van der Waals surface area contributed by atoms with Crippen molar-refractivity contribution in [2.24, 2.45) is 0 Å². The lowest BCUT2D eigenvalue weighted by molar-refractivity contribution is -0.123. The van der Waals surface area contributed by atoms with Gasteiger partial charge in [0.15, 0.2) is 11.6 Å². The van der Waals surface area contributed by atoms with Crippen LogP contribution in [0.3, 0.4) is 0 Å². The van der Waals surface area contributed by atoms with E-state index in [1.54, 1.807) is 12.1 Å². The number of hydrogen-bond donors (Lipinski definition) is 1. The largest absolute Gasteiger partial charge is 0.398 e. The summed E-state index contributed by atoms with van der Waals surface area (Å²) in [6, 6.07) is 7.20. The van der Waals surface area contributed by atoms with Gasteiger partial charge in [-0.25, -0.2) is 0 Å². The summed E-state index contributed by atoms with van der Waals surface area (Å²) in [5.41, 5.74) is 6.32. The molecule has 4 heteroatoms. The molecule has 15 heavy (non-hydrogen) atoms. The maximum atomic E-state index is 11.2. The third-order valence-electron chi connectivity index (χ3n) is 1.90. The molecule has 0 radical (unpaired) electrons. The van der Waals surface area contributed by atoms with E-state index in [9.17, 15) is 9.59 Å². The highest BCUT2D eigenvalue weighted by Gasteiger charge is 2.21. The van der Waals surface area contributed by atoms with Crippen LogP contribution >= 0.6 is 11.8 Å². The number of rotatable bonds is 4. The molecule has 0 aromatic heterocycles. The highest BCUT2D eigenvalue weighted by molar-refractivity contribution is 8.01. The van der Waals surface area contributed by atoms with Crippen molar-refractivity contribution in [1.29, 1.82) is 0 Å². The summed E-state index contributed by atoms with van der Waals surface area (Å²) in [6.07, 6.45) is 0. The number of carbonyl (C=O) groups is 2. The average molecular weight is 223 g/mol. The predicted octanol–water partition coefficient (Wildman–Crippen LogP) is 1.91. The number of benzene rings is 1. The summed E-state index contributed by atoms with van der Waals surface area (Å²) in [7, 11) is 0. The molecule has 80 valence electrons. The Labute approximate surface area is 93.0 Å². The summed E-state index contributed by atoms with van der Waals surface area (Å²) in [5, 5.41) is -0.644. The van der Waals surface area contributed by atoms with Crippen LogP contribution in [0.15, 0.2) is 29.2 Å². The van der Waals surface area contributed by atoms with Crippen LogP contribution in [0.2, 0.25) is 0 Å². The monoisotopic (exact) mass is 223 g/mol. The highest BCUT2D eigenvalue weighted by Crippen LogP contribution is 2.29. The molecule has 1 rings (SSSR count). The first kappa shape index (κ1) is 11.8. The molecule has 0 saturated carbocycles. The molecule has 0 aliphatic carbocycles. The molecule has 0 aliphatic heterocycles. The van der Waals surface area contributed by atoms with Gasteiger partial charge in [-0.15, -0.1) is 11.8 Å². The molecule has 1 aromatic carbocycles. The Morgan fingerprint density at radius 1 is 1.20 bits per heavy atom. The first-order chi connectivity index (χ1) is 7.02. The minimum absolute atomic E-state index is 0.143. The van der Waals surface area contributed by atoms with Crippen LogP contribution in [-0.4, -0.2) is 16.8 Å². The number of carbonyl (C=O) groups excluding carboxylic acids is 2. The number of hydrogen-bond acceptors (Lipinski definition) is 4. The minimum Gasteiger partial charge on any atom is -0.398 e. The number of ketones is 2. The molecular formula is C11H13NO2S. The summed E-state index contributed by atoms with van der Waals surface area (Å²) < 4.78 is 0. The van der Waals surface area contributed by atoms with E-state index in [0.717, 1.165) is 4.90 Å². The predicted molar refractivity (Wildman–Crippen MR) is 61.9 cm³/mol. The van der Waals surface area contributed by atoms with Crippen LogP contribution in [0.5, 0.6) is 0 Å². The van der Waals surface area contributed by atoms with Crippen molar-refractivity contribution in [3.63, 3.8) is 0 Å². The van der Waals surface area contributed by atoms with Gasteiger partial charge in [-0.2, -0.15) is 0 Å². The molecule has 1 aromatic rings. The van der Waals surface area contributed by atoms with Gasteiger partial charge in [-0.05, 0) is 26.0 Å².